The van der Waals surface area contributed by atoms with E-state index in [0.29, 0.717) is 34.1 Å². The number of amides is 1. The third-order valence-electron chi connectivity index (χ3n) is 7.09. The van der Waals surface area contributed by atoms with Crippen LogP contribution in [0.3, 0.4) is 0 Å². The maximum Gasteiger partial charge on any atom is 0.260 e. The molecule has 0 radical (unpaired) electrons. The second-order valence-corrected chi connectivity index (χ2v) is 10.3. The Morgan fingerprint density at radius 2 is 1.71 bits per heavy atom. The first-order valence-corrected chi connectivity index (χ1v) is 12.2. The molecule has 1 saturated heterocycles. The van der Waals surface area contributed by atoms with E-state index in [-0.39, 0.29) is 11.5 Å². The molecule has 3 aliphatic rings. The van der Waals surface area contributed by atoms with Crippen molar-refractivity contribution in [2.24, 2.45) is 5.92 Å². The van der Waals surface area contributed by atoms with Gasteiger partial charge in [-0.3, -0.25) is 19.4 Å². The molecule has 2 atom stereocenters. The molecule has 0 saturated carbocycles. The molecule has 172 valence electrons. The van der Waals surface area contributed by atoms with Gasteiger partial charge in [-0.1, -0.05) is 47.5 Å². The van der Waals surface area contributed by atoms with Crippen LogP contribution in [-0.4, -0.2) is 35.1 Å². The van der Waals surface area contributed by atoms with Gasteiger partial charge in [0.15, 0.2) is 0 Å². The molecule has 2 bridgehead atoms. The molecule has 1 fully saturated rings. The molecule has 1 amide bonds. The number of pyridine rings is 1. The van der Waals surface area contributed by atoms with E-state index in [1.165, 1.54) is 0 Å². The van der Waals surface area contributed by atoms with Crippen molar-refractivity contribution in [2.45, 2.75) is 18.9 Å². The minimum atomic E-state index is -0.0282. The molecule has 0 unspecified atom stereocenters. The van der Waals surface area contributed by atoms with E-state index in [4.69, 9.17) is 23.2 Å². The summed E-state index contributed by atoms with van der Waals surface area (Å²) in [4.78, 5) is 30.1. The van der Waals surface area contributed by atoms with Crippen molar-refractivity contribution in [3.63, 3.8) is 0 Å². The smallest absolute Gasteiger partial charge is 0.260 e. The first kappa shape index (κ1) is 21.7. The molecule has 3 aliphatic heterocycles. The van der Waals surface area contributed by atoms with Crippen molar-refractivity contribution in [2.75, 3.05) is 24.7 Å². The number of anilines is 1. The Bertz CT molecular complexity index is 1380. The number of hydrogen-bond donors (Lipinski definition) is 0. The predicted molar refractivity (Wildman–Crippen MR) is 136 cm³/mol. The van der Waals surface area contributed by atoms with Crippen molar-refractivity contribution in [1.29, 1.82) is 0 Å². The van der Waals surface area contributed by atoms with Gasteiger partial charge in [0.1, 0.15) is 0 Å². The summed E-state index contributed by atoms with van der Waals surface area (Å²) in [6.07, 6.45) is 3.00. The van der Waals surface area contributed by atoms with E-state index < -0.39 is 0 Å². The fourth-order valence-corrected chi connectivity index (χ4v) is 5.93. The van der Waals surface area contributed by atoms with Gasteiger partial charge in [-0.25, -0.2) is 0 Å². The molecule has 34 heavy (non-hydrogen) atoms. The minimum Gasteiger partial charge on any atom is -0.312 e. The summed E-state index contributed by atoms with van der Waals surface area (Å²) >= 11 is 12.4. The van der Waals surface area contributed by atoms with E-state index in [1.807, 2.05) is 64.1 Å². The average molecular weight is 492 g/mol. The van der Waals surface area contributed by atoms with E-state index in [9.17, 15) is 9.59 Å². The number of carbonyl (C=O) groups is 1. The first-order valence-electron chi connectivity index (χ1n) is 11.5. The summed E-state index contributed by atoms with van der Waals surface area (Å²) < 4.78 is 1.93. The van der Waals surface area contributed by atoms with E-state index >= 15 is 0 Å². The number of halogens is 2. The Labute approximate surface area is 207 Å². The maximum absolute atomic E-state index is 13.6. The summed E-state index contributed by atoms with van der Waals surface area (Å²) in [7, 11) is 0. The molecule has 5 nitrogen and oxygen atoms in total. The number of benzene rings is 2. The van der Waals surface area contributed by atoms with Crippen LogP contribution in [-0.2, 0) is 11.3 Å². The summed E-state index contributed by atoms with van der Waals surface area (Å²) in [5.74, 6) is 0.661. The number of nitrogens with zero attached hydrogens (tertiary/aromatic N) is 3. The third-order valence-corrected chi connectivity index (χ3v) is 7.58. The van der Waals surface area contributed by atoms with Crippen LogP contribution in [0.5, 0.6) is 0 Å². The minimum absolute atomic E-state index is 0.0282. The molecule has 3 aromatic rings. The standard InChI is InChI=1S/C27H23Cl2N3O2/c28-20-6-4-17(5-7-20)11-23-22-9-8-21(29)12-25(22)32(27(23)34)16-30-13-18-10-19(15-30)24-2-1-3-26(33)31(24)14-18/h1-9,11-12,18-19H,10,13-16H2/b23-11-/t18-,19+/m1/s1. The SMILES string of the molecule is O=C1/C(=C\c2ccc(Cl)cc2)c2ccc(Cl)cc2N1CN1C[C@H]2C[C@@H](C1)c1cccc(=O)n1C2. The summed E-state index contributed by atoms with van der Waals surface area (Å²) in [5.41, 5.74) is 4.49. The van der Waals surface area contributed by atoms with Gasteiger partial charge < -0.3 is 4.57 Å². The van der Waals surface area contributed by atoms with E-state index in [1.54, 1.807) is 6.07 Å². The number of hydrogen-bond acceptors (Lipinski definition) is 3. The first-order chi connectivity index (χ1) is 16.5. The normalized spacial score (nSPS) is 22.7. The monoisotopic (exact) mass is 491 g/mol. The maximum atomic E-state index is 13.6. The molecule has 0 N–H and O–H groups in total. The largest absolute Gasteiger partial charge is 0.312 e. The summed E-state index contributed by atoms with van der Waals surface area (Å²) in [5, 5.41) is 1.27. The van der Waals surface area contributed by atoms with Gasteiger partial charge in [0.25, 0.3) is 11.5 Å². The second-order valence-electron chi connectivity index (χ2n) is 9.38. The highest BCUT2D eigenvalue weighted by atomic mass is 35.5. The number of likely N-dealkylation sites (tertiary alicyclic amines) is 1. The summed E-state index contributed by atoms with van der Waals surface area (Å²) in [6, 6.07) is 18.6. The van der Waals surface area contributed by atoms with E-state index in [2.05, 4.69) is 11.0 Å². The van der Waals surface area contributed by atoms with Crippen molar-refractivity contribution >= 4 is 46.4 Å². The van der Waals surface area contributed by atoms with Gasteiger partial charge in [-0.2, -0.15) is 0 Å². The molecule has 1 aromatic heterocycles. The lowest BCUT2D eigenvalue weighted by molar-refractivity contribution is -0.113. The number of aromatic nitrogens is 1. The molecule has 7 heteroatoms. The topological polar surface area (TPSA) is 45.6 Å². The van der Waals surface area contributed by atoms with Gasteiger partial charge >= 0.3 is 0 Å². The highest BCUT2D eigenvalue weighted by Gasteiger charge is 2.38. The lowest BCUT2D eigenvalue weighted by Gasteiger charge is -2.43. The number of rotatable bonds is 3. The van der Waals surface area contributed by atoms with Crippen LogP contribution in [0.2, 0.25) is 10.0 Å². The number of piperidine rings is 1. The Hall–Kier alpha value is -2.86. The van der Waals surface area contributed by atoms with Crippen molar-refractivity contribution in [3.8, 4) is 0 Å². The van der Waals surface area contributed by atoms with Gasteiger partial charge in [-0.05, 0) is 54.3 Å². The van der Waals surface area contributed by atoms with Gasteiger partial charge in [0.05, 0.1) is 12.4 Å². The zero-order valence-electron chi connectivity index (χ0n) is 18.5. The van der Waals surface area contributed by atoms with E-state index in [0.717, 1.165) is 48.6 Å². The molecular weight excluding hydrogens is 469 g/mol. The molecule has 0 spiro atoms. The Morgan fingerprint density at radius 1 is 0.912 bits per heavy atom. The molecule has 0 aliphatic carbocycles. The van der Waals surface area contributed by atoms with Crippen molar-refractivity contribution in [1.82, 2.24) is 9.47 Å². The molecule has 2 aromatic carbocycles. The van der Waals surface area contributed by atoms with Crippen LogP contribution in [0.1, 0.15) is 29.2 Å². The zero-order chi connectivity index (χ0) is 23.4. The van der Waals surface area contributed by atoms with Crippen LogP contribution in [0.4, 0.5) is 5.69 Å². The van der Waals surface area contributed by atoms with Gasteiger partial charge in [0.2, 0.25) is 0 Å². The molecular formula is C27H23Cl2N3O2. The van der Waals surface area contributed by atoms with Crippen LogP contribution in [0.15, 0.2) is 65.5 Å². The number of fused-ring (bicyclic) bond motifs is 5. The lowest BCUT2D eigenvalue weighted by atomic mass is 9.83. The van der Waals surface area contributed by atoms with Crippen LogP contribution in [0, 0.1) is 5.92 Å². The quantitative estimate of drug-likeness (QED) is 0.477. The van der Waals surface area contributed by atoms with Gasteiger partial charge in [-0.15, -0.1) is 0 Å². The van der Waals surface area contributed by atoms with Crippen molar-refractivity contribution in [3.05, 3.63) is 97.9 Å². The van der Waals surface area contributed by atoms with Crippen molar-refractivity contribution < 1.29 is 4.79 Å². The third kappa shape index (κ3) is 3.78. The summed E-state index contributed by atoms with van der Waals surface area (Å²) in [6.45, 7) is 2.90. The Morgan fingerprint density at radius 3 is 2.53 bits per heavy atom. The second kappa shape index (κ2) is 8.42. The van der Waals surface area contributed by atoms with Gasteiger partial charge in [0, 0.05) is 58.5 Å². The zero-order valence-corrected chi connectivity index (χ0v) is 20.0. The highest BCUT2D eigenvalue weighted by molar-refractivity contribution is 6.37. The Balaban J connectivity index is 1.31. The average Bonchev–Trinajstić information content (AvgIpc) is 3.06. The Kier molecular flexibility index (Phi) is 5.36. The van der Waals surface area contributed by atoms with Crippen LogP contribution in [0.25, 0.3) is 11.6 Å². The van der Waals surface area contributed by atoms with Crippen LogP contribution < -0.4 is 10.5 Å². The molecule has 6 rings (SSSR count). The number of carbonyl (C=O) groups excluding carboxylic acids is 1. The highest BCUT2D eigenvalue weighted by Crippen LogP contribution is 2.41. The predicted octanol–water partition coefficient (Wildman–Crippen LogP) is 5.12. The lowest BCUT2D eigenvalue weighted by Crippen LogP contribution is -2.50. The van der Waals surface area contributed by atoms with Crippen LogP contribution >= 0.6 is 23.2 Å². The molecule has 4 heterocycles. The fourth-order valence-electron chi connectivity index (χ4n) is 5.64. The fraction of sp³-hybridized carbons (Fsp3) is 0.259.